The lowest BCUT2D eigenvalue weighted by Crippen LogP contribution is -2.41. The fourth-order valence-electron chi connectivity index (χ4n) is 2.70. The molecule has 0 saturated heterocycles. The molecule has 6 heteroatoms. The number of fused-ring (bicyclic) bond motifs is 3. The zero-order valence-corrected chi connectivity index (χ0v) is 10.5. The molecular formula is C13H15N3O3. The van der Waals surface area contributed by atoms with Gasteiger partial charge in [-0.25, -0.2) is 0 Å². The van der Waals surface area contributed by atoms with Crippen molar-refractivity contribution in [1.29, 1.82) is 0 Å². The zero-order chi connectivity index (χ0) is 13.4. The third-order valence-electron chi connectivity index (χ3n) is 3.63. The normalized spacial score (nSPS) is 18.5. The van der Waals surface area contributed by atoms with Crippen LogP contribution in [0.5, 0.6) is 0 Å². The molecule has 0 fully saturated rings. The van der Waals surface area contributed by atoms with E-state index in [0.29, 0.717) is 42.9 Å². The van der Waals surface area contributed by atoms with E-state index in [0.717, 1.165) is 12.8 Å². The van der Waals surface area contributed by atoms with Gasteiger partial charge in [-0.05, 0) is 24.8 Å². The predicted octanol–water partition coefficient (Wildman–Crippen LogP) is -0.342. The monoisotopic (exact) mass is 261 g/mol. The van der Waals surface area contributed by atoms with Crippen molar-refractivity contribution in [2.45, 2.75) is 25.8 Å². The summed E-state index contributed by atoms with van der Waals surface area (Å²) in [4.78, 5) is 36.1. The molecular weight excluding hydrogens is 246 g/mol. The van der Waals surface area contributed by atoms with Gasteiger partial charge in [0.1, 0.15) is 5.69 Å². The van der Waals surface area contributed by atoms with Crippen LogP contribution in [0.3, 0.4) is 0 Å². The van der Waals surface area contributed by atoms with Crippen molar-refractivity contribution in [3.05, 3.63) is 33.2 Å². The molecule has 0 aliphatic carbocycles. The summed E-state index contributed by atoms with van der Waals surface area (Å²) in [7, 11) is 0. The van der Waals surface area contributed by atoms with Gasteiger partial charge in [0.25, 0.3) is 17.4 Å². The standard InChI is InChI=1S/C13H15N3O3/c17-10-7-9-8(3-5-15-12(9)18)11-13(19)14-4-1-2-6-16(10)11/h7H,1-6H2,(H,14,19)(H,15,18). The minimum Gasteiger partial charge on any atom is -0.352 e. The zero-order valence-electron chi connectivity index (χ0n) is 10.5. The molecule has 2 N–H and O–H groups in total. The van der Waals surface area contributed by atoms with Crippen LogP contribution in [0.4, 0.5) is 0 Å². The third kappa shape index (κ3) is 1.93. The Morgan fingerprint density at radius 3 is 2.63 bits per heavy atom. The maximum absolute atomic E-state index is 12.2. The number of carbonyl (C=O) groups excluding carboxylic acids is 2. The molecule has 1 aromatic heterocycles. The molecule has 3 heterocycles. The van der Waals surface area contributed by atoms with Gasteiger partial charge in [-0.3, -0.25) is 14.4 Å². The van der Waals surface area contributed by atoms with Crippen LogP contribution in [0.15, 0.2) is 10.9 Å². The quantitative estimate of drug-likeness (QED) is 0.670. The van der Waals surface area contributed by atoms with Gasteiger partial charge in [0, 0.05) is 25.7 Å². The minimum absolute atomic E-state index is 0.247. The highest BCUT2D eigenvalue weighted by Gasteiger charge is 2.27. The molecule has 0 spiro atoms. The molecule has 3 rings (SSSR count). The highest BCUT2D eigenvalue weighted by atomic mass is 16.2. The van der Waals surface area contributed by atoms with E-state index in [9.17, 15) is 14.4 Å². The van der Waals surface area contributed by atoms with Crippen LogP contribution in [0.2, 0.25) is 0 Å². The van der Waals surface area contributed by atoms with Gasteiger partial charge in [0.05, 0.1) is 5.56 Å². The minimum atomic E-state index is -0.275. The van der Waals surface area contributed by atoms with Crippen LogP contribution >= 0.6 is 0 Å². The Bertz CT molecular complexity index is 618. The number of carbonyl (C=O) groups is 2. The molecule has 1 aromatic rings. The molecule has 0 bridgehead atoms. The van der Waals surface area contributed by atoms with Crippen molar-refractivity contribution in [2.75, 3.05) is 13.1 Å². The van der Waals surface area contributed by atoms with Gasteiger partial charge in [0.2, 0.25) is 0 Å². The van der Waals surface area contributed by atoms with E-state index in [4.69, 9.17) is 0 Å². The molecule has 100 valence electrons. The Kier molecular flexibility index (Phi) is 2.85. The first-order chi connectivity index (χ1) is 9.18. The van der Waals surface area contributed by atoms with Crippen molar-refractivity contribution in [3.8, 4) is 0 Å². The number of aromatic nitrogens is 1. The fraction of sp³-hybridized carbons (Fsp3) is 0.462. The van der Waals surface area contributed by atoms with E-state index < -0.39 is 0 Å². The SMILES string of the molecule is O=C1NCCc2c1cc(=O)n1c2C(=O)NCCCC1. The summed E-state index contributed by atoms with van der Waals surface area (Å²) in [5.74, 6) is -0.514. The molecule has 2 aliphatic rings. The Hall–Kier alpha value is -2.11. The molecule has 0 aromatic carbocycles. The van der Waals surface area contributed by atoms with Gasteiger partial charge in [-0.15, -0.1) is 0 Å². The third-order valence-corrected chi connectivity index (χ3v) is 3.63. The van der Waals surface area contributed by atoms with E-state index >= 15 is 0 Å². The lowest BCUT2D eigenvalue weighted by molar-refractivity contribution is 0.0932. The van der Waals surface area contributed by atoms with Crippen LogP contribution in [-0.4, -0.2) is 29.5 Å². The van der Waals surface area contributed by atoms with Gasteiger partial charge in [-0.1, -0.05) is 0 Å². The summed E-state index contributed by atoms with van der Waals surface area (Å²) < 4.78 is 1.51. The van der Waals surface area contributed by atoms with Crippen molar-refractivity contribution in [2.24, 2.45) is 0 Å². The second kappa shape index (κ2) is 4.53. The van der Waals surface area contributed by atoms with E-state index in [1.54, 1.807) is 0 Å². The second-order valence-electron chi connectivity index (χ2n) is 4.84. The summed E-state index contributed by atoms with van der Waals surface area (Å²) in [5, 5.41) is 5.50. The lowest BCUT2D eigenvalue weighted by Gasteiger charge is -2.24. The van der Waals surface area contributed by atoms with Crippen LogP contribution < -0.4 is 16.2 Å². The molecule has 0 unspecified atom stereocenters. The van der Waals surface area contributed by atoms with E-state index in [1.165, 1.54) is 10.6 Å². The number of hydrogen-bond acceptors (Lipinski definition) is 3. The topological polar surface area (TPSA) is 80.2 Å². The van der Waals surface area contributed by atoms with E-state index in [1.807, 2.05) is 0 Å². The number of amides is 2. The Labute approximate surface area is 109 Å². The summed E-state index contributed by atoms with van der Waals surface area (Å²) in [6.45, 7) is 1.66. The van der Waals surface area contributed by atoms with Gasteiger partial charge < -0.3 is 15.2 Å². The van der Waals surface area contributed by atoms with Crippen molar-refractivity contribution < 1.29 is 9.59 Å². The summed E-state index contributed by atoms with van der Waals surface area (Å²) in [6.07, 6.45) is 2.29. The smallest absolute Gasteiger partial charge is 0.268 e. The van der Waals surface area contributed by atoms with Gasteiger partial charge in [-0.2, -0.15) is 0 Å². The Morgan fingerprint density at radius 2 is 1.79 bits per heavy atom. The van der Waals surface area contributed by atoms with Crippen molar-refractivity contribution in [3.63, 3.8) is 0 Å². The number of hydrogen-bond donors (Lipinski definition) is 2. The van der Waals surface area contributed by atoms with Crippen molar-refractivity contribution in [1.82, 2.24) is 15.2 Å². The first kappa shape index (κ1) is 12.0. The highest BCUT2D eigenvalue weighted by Crippen LogP contribution is 2.18. The number of nitrogens with one attached hydrogen (secondary N) is 2. The lowest BCUT2D eigenvalue weighted by atomic mass is 9.97. The summed E-state index contributed by atoms with van der Waals surface area (Å²) in [5.41, 5.74) is 1.14. The van der Waals surface area contributed by atoms with Crippen LogP contribution in [0, 0.1) is 0 Å². The van der Waals surface area contributed by atoms with Gasteiger partial charge >= 0.3 is 0 Å². The van der Waals surface area contributed by atoms with E-state index in [2.05, 4.69) is 10.6 Å². The molecule has 6 nitrogen and oxygen atoms in total. The average Bonchev–Trinajstić information content (AvgIpc) is 2.36. The summed E-state index contributed by atoms with van der Waals surface area (Å²) >= 11 is 0. The Morgan fingerprint density at radius 1 is 1.00 bits per heavy atom. The number of nitrogens with zero attached hydrogens (tertiary/aromatic N) is 1. The largest absolute Gasteiger partial charge is 0.352 e. The summed E-state index contributed by atoms with van der Waals surface area (Å²) in [6, 6.07) is 1.35. The van der Waals surface area contributed by atoms with Crippen LogP contribution in [0.25, 0.3) is 0 Å². The van der Waals surface area contributed by atoms with Crippen LogP contribution in [0.1, 0.15) is 39.3 Å². The molecule has 0 saturated carbocycles. The van der Waals surface area contributed by atoms with Gasteiger partial charge in [0.15, 0.2) is 0 Å². The maximum Gasteiger partial charge on any atom is 0.268 e. The second-order valence-corrected chi connectivity index (χ2v) is 4.84. The fourth-order valence-corrected chi connectivity index (χ4v) is 2.70. The molecule has 0 atom stereocenters. The number of rotatable bonds is 0. The first-order valence-electron chi connectivity index (χ1n) is 6.51. The molecule has 2 amide bonds. The van der Waals surface area contributed by atoms with E-state index in [-0.39, 0.29) is 17.4 Å². The maximum atomic E-state index is 12.2. The average molecular weight is 261 g/mol. The number of pyridine rings is 1. The molecule has 0 radical (unpaired) electrons. The Balaban J connectivity index is 2.27. The highest BCUT2D eigenvalue weighted by molar-refractivity contribution is 6.02. The predicted molar refractivity (Wildman–Crippen MR) is 68.3 cm³/mol. The van der Waals surface area contributed by atoms with Crippen molar-refractivity contribution >= 4 is 11.8 Å². The molecule has 19 heavy (non-hydrogen) atoms. The van der Waals surface area contributed by atoms with Crippen LogP contribution in [-0.2, 0) is 13.0 Å². The first-order valence-corrected chi connectivity index (χ1v) is 6.51. The molecule has 2 aliphatic heterocycles.